The van der Waals surface area contributed by atoms with Crippen LogP contribution in [0.25, 0.3) is 0 Å². The number of ether oxygens (including phenoxy) is 2. The van der Waals surface area contributed by atoms with E-state index in [9.17, 15) is 0 Å². The van der Waals surface area contributed by atoms with Crippen molar-refractivity contribution >= 4 is 11.6 Å². The molecule has 0 fully saturated rings. The number of hydrogen-bond acceptors (Lipinski definition) is 3. The third kappa shape index (κ3) is 3.19. The molecule has 2 N–H and O–H groups in total. The van der Waals surface area contributed by atoms with Crippen molar-refractivity contribution in [3.05, 3.63) is 59.1 Å². The minimum absolute atomic E-state index is 0.295. The molecule has 0 aliphatic heterocycles. The molecule has 0 amide bonds. The highest BCUT2D eigenvalue weighted by Gasteiger charge is 2.17. The molecular formula is C15H16ClNO2. The Labute approximate surface area is 117 Å². The number of rotatable bonds is 5. The predicted octanol–water partition coefficient (Wildman–Crippen LogP) is 3.43. The molecule has 4 heteroatoms. The highest BCUT2D eigenvalue weighted by atomic mass is 35.5. The summed E-state index contributed by atoms with van der Waals surface area (Å²) in [4.78, 5) is 0. The van der Waals surface area contributed by atoms with Gasteiger partial charge in [0, 0.05) is 12.1 Å². The summed E-state index contributed by atoms with van der Waals surface area (Å²) in [6.07, 6.45) is -0.295. The van der Waals surface area contributed by atoms with Crippen molar-refractivity contribution in [2.45, 2.75) is 6.10 Å². The molecule has 0 radical (unpaired) electrons. The third-order valence-electron chi connectivity index (χ3n) is 2.81. The molecule has 2 aromatic carbocycles. The number of methoxy groups -OCH3 is 1. The van der Waals surface area contributed by atoms with Crippen LogP contribution in [0, 0.1) is 0 Å². The second-order valence-corrected chi connectivity index (χ2v) is 4.42. The molecule has 0 aliphatic carbocycles. The van der Waals surface area contributed by atoms with Crippen LogP contribution in [-0.2, 0) is 0 Å². The predicted molar refractivity (Wildman–Crippen MR) is 76.9 cm³/mol. The van der Waals surface area contributed by atoms with Crippen molar-refractivity contribution in [1.29, 1.82) is 0 Å². The summed E-state index contributed by atoms with van der Waals surface area (Å²) in [6, 6.07) is 15.0. The zero-order valence-electron chi connectivity index (χ0n) is 10.7. The summed E-state index contributed by atoms with van der Waals surface area (Å²) < 4.78 is 11.2. The first kappa shape index (κ1) is 13.7. The van der Waals surface area contributed by atoms with Crippen LogP contribution in [0.1, 0.15) is 11.7 Å². The first-order valence-corrected chi connectivity index (χ1v) is 6.38. The van der Waals surface area contributed by atoms with Gasteiger partial charge in [-0.3, -0.25) is 0 Å². The van der Waals surface area contributed by atoms with Gasteiger partial charge in [0.25, 0.3) is 0 Å². The molecule has 0 aromatic heterocycles. The minimum atomic E-state index is -0.295. The van der Waals surface area contributed by atoms with Crippen LogP contribution in [0.15, 0.2) is 48.5 Å². The second-order valence-electron chi connectivity index (χ2n) is 4.01. The summed E-state index contributed by atoms with van der Waals surface area (Å²) in [5.74, 6) is 1.37. The number of hydrogen-bond donors (Lipinski definition) is 1. The van der Waals surface area contributed by atoms with E-state index in [2.05, 4.69) is 0 Å². The van der Waals surface area contributed by atoms with E-state index in [0.717, 1.165) is 11.3 Å². The Morgan fingerprint density at radius 2 is 1.68 bits per heavy atom. The number of para-hydroxylation sites is 2. The molecule has 2 aromatic rings. The van der Waals surface area contributed by atoms with E-state index in [-0.39, 0.29) is 6.10 Å². The SMILES string of the molecule is COc1ccccc1C(CN)Oc1ccccc1Cl. The standard InChI is InChI=1S/C15H16ClNO2/c1-18-13-8-4-2-6-11(13)15(10-17)19-14-9-5-3-7-12(14)16/h2-9,15H,10,17H2,1H3. The summed E-state index contributed by atoms with van der Waals surface area (Å²) in [5.41, 5.74) is 6.71. The van der Waals surface area contributed by atoms with Crippen molar-refractivity contribution < 1.29 is 9.47 Å². The number of benzene rings is 2. The van der Waals surface area contributed by atoms with Crippen molar-refractivity contribution in [3.8, 4) is 11.5 Å². The van der Waals surface area contributed by atoms with Gasteiger partial charge in [0.2, 0.25) is 0 Å². The van der Waals surface area contributed by atoms with E-state index in [4.69, 9.17) is 26.8 Å². The summed E-state index contributed by atoms with van der Waals surface area (Å²) in [5, 5.41) is 0.566. The molecule has 0 bridgehead atoms. The maximum Gasteiger partial charge on any atom is 0.140 e. The van der Waals surface area contributed by atoms with Crippen LogP contribution in [0.4, 0.5) is 0 Å². The molecule has 1 atom stereocenters. The van der Waals surface area contributed by atoms with Crippen molar-refractivity contribution in [3.63, 3.8) is 0 Å². The first-order valence-electron chi connectivity index (χ1n) is 6.00. The monoisotopic (exact) mass is 277 g/mol. The van der Waals surface area contributed by atoms with Gasteiger partial charge in [-0.15, -0.1) is 0 Å². The van der Waals surface area contributed by atoms with Crippen LogP contribution in [0.2, 0.25) is 5.02 Å². The van der Waals surface area contributed by atoms with Crippen LogP contribution in [0.3, 0.4) is 0 Å². The highest BCUT2D eigenvalue weighted by molar-refractivity contribution is 6.32. The lowest BCUT2D eigenvalue weighted by Crippen LogP contribution is -2.19. The van der Waals surface area contributed by atoms with Crippen LogP contribution in [-0.4, -0.2) is 13.7 Å². The van der Waals surface area contributed by atoms with Gasteiger partial charge in [-0.25, -0.2) is 0 Å². The van der Waals surface area contributed by atoms with Crippen molar-refractivity contribution in [1.82, 2.24) is 0 Å². The maximum absolute atomic E-state index is 6.09. The number of halogens is 1. The van der Waals surface area contributed by atoms with E-state index in [0.29, 0.717) is 17.3 Å². The van der Waals surface area contributed by atoms with Crippen LogP contribution < -0.4 is 15.2 Å². The molecule has 2 rings (SSSR count). The Morgan fingerprint density at radius 3 is 2.32 bits per heavy atom. The smallest absolute Gasteiger partial charge is 0.140 e. The minimum Gasteiger partial charge on any atom is -0.496 e. The van der Waals surface area contributed by atoms with Gasteiger partial charge in [-0.05, 0) is 18.2 Å². The summed E-state index contributed by atoms with van der Waals surface area (Å²) in [7, 11) is 1.63. The zero-order chi connectivity index (χ0) is 13.7. The molecular weight excluding hydrogens is 262 g/mol. The van der Waals surface area contributed by atoms with E-state index in [1.165, 1.54) is 0 Å². The Bertz CT molecular complexity index is 545. The zero-order valence-corrected chi connectivity index (χ0v) is 11.4. The van der Waals surface area contributed by atoms with Crippen molar-refractivity contribution in [2.24, 2.45) is 5.73 Å². The lowest BCUT2D eigenvalue weighted by atomic mass is 10.1. The molecule has 0 saturated carbocycles. The van der Waals surface area contributed by atoms with E-state index in [1.54, 1.807) is 13.2 Å². The molecule has 0 saturated heterocycles. The lowest BCUT2D eigenvalue weighted by molar-refractivity contribution is 0.209. The fourth-order valence-corrected chi connectivity index (χ4v) is 2.04. The van der Waals surface area contributed by atoms with Crippen LogP contribution in [0.5, 0.6) is 11.5 Å². The third-order valence-corrected chi connectivity index (χ3v) is 3.12. The highest BCUT2D eigenvalue weighted by Crippen LogP contribution is 2.31. The normalized spacial score (nSPS) is 11.9. The molecule has 3 nitrogen and oxygen atoms in total. The van der Waals surface area contributed by atoms with Gasteiger partial charge in [-0.2, -0.15) is 0 Å². The van der Waals surface area contributed by atoms with Crippen LogP contribution >= 0.6 is 11.6 Å². The van der Waals surface area contributed by atoms with Gasteiger partial charge < -0.3 is 15.2 Å². The summed E-state index contributed by atoms with van der Waals surface area (Å²) in [6.45, 7) is 0.339. The summed E-state index contributed by atoms with van der Waals surface area (Å²) >= 11 is 6.09. The second kappa shape index (κ2) is 6.45. The average molecular weight is 278 g/mol. The Kier molecular flexibility index (Phi) is 4.66. The van der Waals surface area contributed by atoms with Crippen molar-refractivity contribution in [2.75, 3.05) is 13.7 Å². The molecule has 100 valence electrons. The van der Waals surface area contributed by atoms with E-state index < -0.39 is 0 Å². The molecule has 0 aliphatic rings. The van der Waals surface area contributed by atoms with E-state index in [1.807, 2.05) is 42.5 Å². The van der Waals surface area contributed by atoms with Gasteiger partial charge >= 0.3 is 0 Å². The maximum atomic E-state index is 6.09. The van der Waals surface area contributed by atoms with Gasteiger partial charge in [0.05, 0.1) is 12.1 Å². The largest absolute Gasteiger partial charge is 0.496 e. The van der Waals surface area contributed by atoms with Gasteiger partial charge in [0.15, 0.2) is 0 Å². The van der Waals surface area contributed by atoms with Gasteiger partial charge in [0.1, 0.15) is 17.6 Å². The average Bonchev–Trinajstić information content (AvgIpc) is 2.46. The fourth-order valence-electron chi connectivity index (χ4n) is 1.86. The quantitative estimate of drug-likeness (QED) is 0.911. The molecule has 1 unspecified atom stereocenters. The topological polar surface area (TPSA) is 44.5 Å². The van der Waals surface area contributed by atoms with Gasteiger partial charge in [-0.1, -0.05) is 41.9 Å². The first-order chi connectivity index (χ1) is 9.26. The fraction of sp³-hybridized carbons (Fsp3) is 0.200. The lowest BCUT2D eigenvalue weighted by Gasteiger charge is -2.20. The Hall–Kier alpha value is -1.71. The Balaban J connectivity index is 2.28. The molecule has 0 heterocycles. The molecule has 19 heavy (non-hydrogen) atoms. The molecule has 0 spiro atoms. The number of nitrogens with two attached hydrogens (primary N) is 1. The Morgan fingerprint density at radius 1 is 1.05 bits per heavy atom. The van der Waals surface area contributed by atoms with E-state index >= 15 is 0 Å².